The minimum Gasteiger partial charge on any atom is -0.368 e. The number of aromatic nitrogens is 2. The van der Waals surface area contributed by atoms with Crippen LogP contribution in [0.5, 0.6) is 0 Å². The number of amides is 2. The molecule has 0 fully saturated rings. The average molecular weight is 511 g/mol. The highest BCUT2D eigenvalue weighted by atomic mass is 32.2. The number of nitrogen functional groups attached to an aromatic ring is 1. The van der Waals surface area contributed by atoms with Crippen LogP contribution in [-0.2, 0) is 11.0 Å². The van der Waals surface area contributed by atoms with Crippen LogP contribution in [-0.4, -0.2) is 66.2 Å². The van der Waals surface area contributed by atoms with Crippen LogP contribution in [0.2, 0.25) is 0 Å². The lowest BCUT2D eigenvalue weighted by Crippen LogP contribution is -2.33. The monoisotopic (exact) mass is 510 g/mol. The minimum atomic E-state index is -4.74. The van der Waals surface area contributed by atoms with Gasteiger partial charge in [-0.1, -0.05) is 0 Å². The quantitative estimate of drug-likeness (QED) is 0.295. The fourth-order valence-electron chi connectivity index (χ4n) is 2.82. The smallest absolute Gasteiger partial charge is 0.368 e. The minimum absolute atomic E-state index is 0.0111. The summed E-state index contributed by atoms with van der Waals surface area (Å²) in [5.74, 6) is -1.54. The number of halogens is 3. The molecule has 0 bridgehead atoms. The van der Waals surface area contributed by atoms with Crippen LogP contribution in [0.4, 0.5) is 30.6 Å². The fraction of sp³-hybridized carbons (Fsp3) is 0.381. The first-order valence-corrected chi connectivity index (χ1v) is 11.4. The van der Waals surface area contributed by atoms with Crippen molar-refractivity contribution in [1.82, 2.24) is 20.2 Å². The third kappa shape index (κ3) is 7.72. The molecule has 1 atom stereocenters. The van der Waals surface area contributed by atoms with E-state index in [1.54, 1.807) is 25.3 Å². The zero-order valence-corrected chi connectivity index (χ0v) is 20.3. The number of carbonyl (C=O) groups excluding carboxylic acids is 2. The Morgan fingerprint density at radius 2 is 1.94 bits per heavy atom. The molecule has 1 aromatic heterocycles. The number of alkyl halides is 3. The Hall–Kier alpha value is -3.57. The standard InChI is InChI=1S/C21H25F3N8O2S/c1-11(28-16-15(10-25)19(35-4)31-20(26)30-16)17(33)29-14-8-12(7-13(9-14)21(22,23)24)18(34)27-5-6-32(2)3/h7-9,11H,5-6H2,1-4H3,(H,27,34)(H,29,33)(H3,26,28,30,31)/t11-/m0/s1. The van der Waals surface area contributed by atoms with E-state index in [1.807, 2.05) is 6.07 Å². The molecule has 2 aromatic rings. The summed E-state index contributed by atoms with van der Waals surface area (Å²) in [6, 6.07) is 3.51. The molecule has 14 heteroatoms. The molecule has 2 amide bonds. The molecule has 0 spiro atoms. The van der Waals surface area contributed by atoms with Crippen molar-refractivity contribution < 1.29 is 22.8 Å². The van der Waals surface area contributed by atoms with E-state index >= 15 is 0 Å². The van der Waals surface area contributed by atoms with Crippen LogP contribution in [0.1, 0.15) is 28.4 Å². The van der Waals surface area contributed by atoms with Gasteiger partial charge in [-0.05, 0) is 45.5 Å². The van der Waals surface area contributed by atoms with Crippen LogP contribution >= 0.6 is 11.8 Å². The van der Waals surface area contributed by atoms with Crippen molar-refractivity contribution in [2.75, 3.05) is 49.8 Å². The Balaban J connectivity index is 2.26. The van der Waals surface area contributed by atoms with Gasteiger partial charge in [-0.15, -0.1) is 11.8 Å². The number of nitrogens with one attached hydrogen (secondary N) is 3. The number of hydrogen-bond acceptors (Lipinski definition) is 9. The summed E-state index contributed by atoms with van der Waals surface area (Å²) in [5, 5.41) is 17.4. The molecule has 35 heavy (non-hydrogen) atoms. The Kier molecular flexibility index (Phi) is 9.26. The van der Waals surface area contributed by atoms with Crippen molar-refractivity contribution in [2.45, 2.75) is 24.2 Å². The molecule has 0 saturated carbocycles. The van der Waals surface area contributed by atoms with E-state index in [4.69, 9.17) is 5.73 Å². The lowest BCUT2D eigenvalue weighted by Gasteiger charge is -2.18. The molecule has 0 radical (unpaired) electrons. The molecule has 1 aromatic carbocycles. The second-order valence-corrected chi connectivity index (χ2v) is 8.43. The number of nitriles is 1. The number of nitrogens with two attached hydrogens (primary N) is 1. The van der Waals surface area contributed by atoms with E-state index in [9.17, 15) is 28.0 Å². The summed E-state index contributed by atoms with van der Waals surface area (Å²) < 4.78 is 40.3. The van der Waals surface area contributed by atoms with Crippen molar-refractivity contribution in [3.05, 3.63) is 34.9 Å². The van der Waals surface area contributed by atoms with Crippen molar-refractivity contribution in [1.29, 1.82) is 5.26 Å². The van der Waals surface area contributed by atoms with Crippen LogP contribution in [0, 0.1) is 11.3 Å². The summed E-state index contributed by atoms with van der Waals surface area (Å²) in [6.07, 6.45) is -3.05. The number of anilines is 3. The second-order valence-electron chi connectivity index (χ2n) is 7.64. The van der Waals surface area contributed by atoms with Gasteiger partial charge in [0, 0.05) is 24.3 Å². The molecule has 0 aliphatic heterocycles. The maximum Gasteiger partial charge on any atom is 0.416 e. The number of rotatable bonds is 9. The van der Waals surface area contributed by atoms with Gasteiger partial charge in [-0.3, -0.25) is 9.59 Å². The fourth-order valence-corrected chi connectivity index (χ4v) is 3.35. The molecule has 1 heterocycles. The van der Waals surface area contributed by atoms with Crippen molar-refractivity contribution >= 4 is 41.0 Å². The number of likely N-dealkylation sites (N-methyl/N-ethyl adjacent to an activating group) is 1. The SMILES string of the molecule is CSc1nc(N)nc(N[C@@H](C)C(=O)Nc2cc(C(=O)NCCN(C)C)cc(C(F)(F)F)c2)c1C#N. The van der Waals surface area contributed by atoms with E-state index in [0.717, 1.165) is 30.0 Å². The molecular weight excluding hydrogens is 485 g/mol. The van der Waals surface area contributed by atoms with Gasteiger partial charge in [-0.2, -0.15) is 23.4 Å². The topological polar surface area (TPSA) is 149 Å². The van der Waals surface area contributed by atoms with E-state index in [2.05, 4.69) is 25.9 Å². The number of nitrogens with zero attached hydrogens (tertiary/aromatic N) is 4. The number of hydrogen-bond donors (Lipinski definition) is 4. The number of benzene rings is 1. The van der Waals surface area contributed by atoms with E-state index in [1.165, 1.54) is 6.92 Å². The number of thioether (sulfide) groups is 1. The third-order valence-corrected chi connectivity index (χ3v) is 5.26. The van der Waals surface area contributed by atoms with Gasteiger partial charge >= 0.3 is 6.18 Å². The van der Waals surface area contributed by atoms with Crippen molar-refractivity contribution in [3.63, 3.8) is 0 Å². The molecule has 188 valence electrons. The first kappa shape index (κ1) is 27.7. The van der Waals surface area contributed by atoms with Crippen molar-refractivity contribution in [2.24, 2.45) is 0 Å². The summed E-state index contributed by atoms with van der Waals surface area (Å²) >= 11 is 1.16. The van der Waals surface area contributed by atoms with E-state index < -0.39 is 29.6 Å². The van der Waals surface area contributed by atoms with Gasteiger partial charge in [0.25, 0.3) is 5.91 Å². The Labute approximate surface area is 204 Å². The molecule has 5 N–H and O–H groups in total. The predicted octanol–water partition coefficient (Wildman–Crippen LogP) is 2.40. The molecular formula is C21H25F3N8O2S. The van der Waals surface area contributed by atoms with Gasteiger partial charge in [0.15, 0.2) is 5.82 Å². The largest absolute Gasteiger partial charge is 0.416 e. The molecule has 0 aliphatic carbocycles. The molecule has 2 rings (SSSR count). The zero-order valence-electron chi connectivity index (χ0n) is 19.4. The van der Waals surface area contributed by atoms with Gasteiger partial charge in [0.05, 0.1) is 5.56 Å². The highest BCUT2D eigenvalue weighted by molar-refractivity contribution is 7.98. The van der Waals surface area contributed by atoms with Gasteiger partial charge in [0.1, 0.15) is 22.7 Å². The molecule has 0 unspecified atom stereocenters. The lowest BCUT2D eigenvalue weighted by atomic mass is 10.1. The molecule has 0 aliphatic rings. The predicted molar refractivity (Wildman–Crippen MR) is 127 cm³/mol. The highest BCUT2D eigenvalue weighted by Gasteiger charge is 2.32. The van der Waals surface area contributed by atoms with Gasteiger partial charge in [0.2, 0.25) is 11.9 Å². The molecule has 10 nitrogen and oxygen atoms in total. The lowest BCUT2D eigenvalue weighted by molar-refractivity contribution is -0.137. The second kappa shape index (κ2) is 11.7. The first-order chi connectivity index (χ1) is 16.3. The van der Waals surface area contributed by atoms with E-state index in [-0.39, 0.29) is 35.1 Å². The number of carbonyl (C=O) groups is 2. The first-order valence-electron chi connectivity index (χ1n) is 10.2. The van der Waals surface area contributed by atoms with Crippen LogP contribution in [0.25, 0.3) is 0 Å². The van der Waals surface area contributed by atoms with E-state index in [0.29, 0.717) is 11.6 Å². The Morgan fingerprint density at radius 3 is 2.51 bits per heavy atom. The maximum absolute atomic E-state index is 13.4. The van der Waals surface area contributed by atoms with Gasteiger partial charge < -0.3 is 26.6 Å². The summed E-state index contributed by atoms with van der Waals surface area (Å²) in [4.78, 5) is 34.8. The normalized spacial score (nSPS) is 12.1. The van der Waals surface area contributed by atoms with Crippen molar-refractivity contribution in [3.8, 4) is 6.07 Å². The Bertz CT molecular complexity index is 1130. The average Bonchev–Trinajstić information content (AvgIpc) is 2.77. The molecule has 0 saturated heterocycles. The highest BCUT2D eigenvalue weighted by Crippen LogP contribution is 2.32. The summed E-state index contributed by atoms with van der Waals surface area (Å²) in [6.45, 7) is 2.15. The zero-order chi connectivity index (χ0) is 26.3. The van der Waals surface area contributed by atoms with Crippen LogP contribution in [0.15, 0.2) is 23.2 Å². The van der Waals surface area contributed by atoms with Crippen LogP contribution in [0.3, 0.4) is 0 Å². The third-order valence-electron chi connectivity index (χ3n) is 4.58. The summed E-state index contributed by atoms with van der Waals surface area (Å²) in [7, 11) is 3.58. The van der Waals surface area contributed by atoms with Gasteiger partial charge in [-0.25, -0.2) is 4.98 Å². The summed E-state index contributed by atoms with van der Waals surface area (Å²) in [5.41, 5.74) is 4.16. The Morgan fingerprint density at radius 1 is 1.26 bits per heavy atom. The van der Waals surface area contributed by atoms with Crippen LogP contribution < -0.4 is 21.7 Å². The maximum atomic E-state index is 13.4.